The fourth-order valence-electron chi connectivity index (χ4n) is 2.82. The van der Waals surface area contributed by atoms with Crippen LogP contribution in [0.3, 0.4) is 0 Å². The molecule has 0 aromatic heterocycles. The van der Waals surface area contributed by atoms with Crippen molar-refractivity contribution in [1.29, 1.82) is 0 Å². The highest BCUT2D eigenvalue weighted by Crippen LogP contribution is 2.37. The van der Waals surface area contributed by atoms with Gasteiger partial charge in [-0.25, -0.2) is 0 Å². The van der Waals surface area contributed by atoms with E-state index in [1.54, 1.807) is 0 Å². The van der Waals surface area contributed by atoms with Crippen molar-refractivity contribution in [2.75, 3.05) is 13.1 Å². The summed E-state index contributed by atoms with van der Waals surface area (Å²) in [5.41, 5.74) is 0.261. The summed E-state index contributed by atoms with van der Waals surface area (Å²) in [5, 5.41) is 3.56. The van der Waals surface area contributed by atoms with Crippen molar-refractivity contribution in [3.05, 3.63) is 0 Å². The quantitative estimate of drug-likeness (QED) is 0.697. The van der Waals surface area contributed by atoms with E-state index in [4.69, 9.17) is 4.74 Å². The van der Waals surface area contributed by atoms with Crippen molar-refractivity contribution in [3.63, 3.8) is 0 Å². The van der Waals surface area contributed by atoms with Gasteiger partial charge in [-0.05, 0) is 26.2 Å². The van der Waals surface area contributed by atoms with Gasteiger partial charge in [-0.3, -0.25) is 0 Å². The number of rotatable bonds is 1. The molecule has 1 aliphatic carbocycles. The third-order valence-electron chi connectivity index (χ3n) is 3.92. The highest BCUT2D eigenvalue weighted by Gasteiger charge is 2.42. The van der Waals surface area contributed by atoms with Crippen molar-refractivity contribution < 1.29 is 4.74 Å². The second kappa shape index (κ2) is 3.82. The van der Waals surface area contributed by atoms with E-state index in [0.29, 0.717) is 0 Å². The van der Waals surface area contributed by atoms with Crippen LogP contribution in [-0.2, 0) is 4.74 Å². The van der Waals surface area contributed by atoms with Crippen LogP contribution in [0.2, 0.25) is 0 Å². The number of hydrogen-bond donors (Lipinski definition) is 1. The van der Waals surface area contributed by atoms with Gasteiger partial charge in [0.1, 0.15) is 0 Å². The number of hydrogen-bond acceptors (Lipinski definition) is 2. The van der Waals surface area contributed by atoms with Crippen LogP contribution < -0.4 is 5.32 Å². The molecule has 1 heterocycles. The fourth-order valence-corrected chi connectivity index (χ4v) is 2.82. The van der Waals surface area contributed by atoms with E-state index in [2.05, 4.69) is 19.2 Å². The first-order valence-electron chi connectivity index (χ1n) is 6.09. The molecule has 1 unspecified atom stereocenters. The molecular weight excluding hydrogens is 174 g/mol. The van der Waals surface area contributed by atoms with Gasteiger partial charge in [0.05, 0.1) is 11.2 Å². The van der Waals surface area contributed by atoms with Crippen molar-refractivity contribution in [3.8, 4) is 0 Å². The van der Waals surface area contributed by atoms with Crippen molar-refractivity contribution >= 4 is 0 Å². The van der Waals surface area contributed by atoms with Crippen LogP contribution in [0.5, 0.6) is 0 Å². The Bertz CT molecular complexity index is 193. The standard InChI is InChI=1S/C12H23NO/c1-3-11(2)9-13-10-12(14-11)7-5-4-6-8-12/h13H,3-10H2,1-2H3. The summed E-state index contributed by atoms with van der Waals surface area (Å²) in [7, 11) is 0. The van der Waals surface area contributed by atoms with E-state index in [1.165, 1.54) is 32.1 Å². The summed E-state index contributed by atoms with van der Waals surface area (Å²) in [4.78, 5) is 0. The van der Waals surface area contributed by atoms with Crippen molar-refractivity contribution in [1.82, 2.24) is 5.32 Å². The van der Waals surface area contributed by atoms with Crippen molar-refractivity contribution in [2.24, 2.45) is 0 Å². The zero-order chi connectivity index (χ0) is 10.1. The maximum Gasteiger partial charge on any atom is 0.0814 e. The van der Waals surface area contributed by atoms with Crippen LogP contribution >= 0.6 is 0 Å². The van der Waals surface area contributed by atoms with Gasteiger partial charge in [-0.1, -0.05) is 26.2 Å². The molecular formula is C12H23NO. The smallest absolute Gasteiger partial charge is 0.0814 e. The van der Waals surface area contributed by atoms with E-state index in [-0.39, 0.29) is 11.2 Å². The molecule has 1 atom stereocenters. The summed E-state index contributed by atoms with van der Waals surface area (Å²) in [6, 6.07) is 0. The van der Waals surface area contributed by atoms with Gasteiger partial charge in [-0.15, -0.1) is 0 Å². The Hall–Kier alpha value is -0.0800. The van der Waals surface area contributed by atoms with E-state index in [1.807, 2.05) is 0 Å². The second-order valence-corrected chi connectivity index (χ2v) is 5.25. The molecule has 0 bridgehead atoms. The Morgan fingerprint density at radius 3 is 2.50 bits per heavy atom. The van der Waals surface area contributed by atoms with Gasteiger partial charge in [0.2, 0.25) is 0 Å². The maximum absolute atomic E-state index is 6.39. The lowest BCUT2D eigenvalue weighted by Crippen LogP contribution is -2.59. The first-order valence-corrected chi connectivity index (χ1v) is 6.09. The molecule has 1 saturated heterocycles. The average Bonchev–Trinajstić information content (AvgIpc) is 2.19. The lowest BCUT2D eigenvalue weighted by molar-refractivity contribution is -0.184. The molecule has 1 saturated carbocycles. The maximum atomic E-state index is 6.39. The van der Waals surface area contributed by atoms with E-state index < -0.39 is 0 Å². The Morgan fingerprint density at radius 2 is 1.86 bits per heavy atom. The molecule has 1 spiro atoms. The zero-order valence-electron chi connectivity index (χ0n) is 9.57. The Balaban J connectivity index is 2.04. The summed E-state index contributed by atoms with van der Waals surface area (Å²) in [5.74, 6) is 0. The van der Waals surface area contributed by atoms with Gasteiger partial charge in [-0.2, -0.15) is 0 Å². The SMILES string of the molecule is CCC1(C)CNCC2(CCCCC2)O1. The van der Waals surface area contributed by atoms with Crippen LogP contribution in [0.25, 0.3) is 0 Å². The molecule has 0 amide bonds. The molecule has 2 fully saturated rings. The Morgan fingerprint density at radius 1 is 1.14 bits per heavy atom. The highest BCUT2D eigenvalue weighted by atomic mass is 16.5. The molecule has 2 rings (SSSR count). The minimum Gasteiger partial charge on any atom is -0.366 e. The van der Waals surface area contributed by atoms with Gasteiger partial charge in [0.15, 0.2) is 0 Å². The Labute approximate surface area is 87.4 Å². The molecule has 0 aromatic rings. The van der Waals surface area contributed by atoms with Crippen LogP contribution in [0.1, 0.15) is 52.4 Å². The lowest BCUT2D eigenvalue weighted by atomic mass is 9.82. The van der Waals surface area contributed by atoms with Gasteiger partial charge >= 0.3 is 0 Å². The molecule has 82 valence electrons. The molecule has 0 aromatic carbocycles. The average molecular weight is 197 g/mol. The largest absolute Gasteiger partial charge is 0.366 e. The Kier molecular flexibility index (Phi) is 2.85. The summed E-state index contributed by atoms with van der Waals surface area (Å²) in [6.45, 7) is 6.56. The molecule has 1 N–H and O–H groups in total. The summed E-state index contributed by atoms with van der Waals surface area (Å²) >= 11 is 0. The molecule has 2 heteroatoms. The normalized spacial score (nSPS) is 37.3. The van der Waals surface area contributed by atoms with Gasteiger partial charge in [0.25, 0.3) is 0 Å². The number of ether oxygens (including phenoxy) is 1. The summed E-state index contributed by atoms with van der Waals surface area (Å²) < 4.78 is 6.39. The topological polar surface area (TPSA) is 21.3 Å². The van der Waals surface area contributed by atoms with Crippen LogP contribution in [0.4, 0.5) is 0 Å². The van der Waals surface area contributed by atoms with Gasteiger partial charge < -0.3 is 10.1 Å². The second-order valence-electron chi connectivity index (χ2n) is 5.25. The first kappa shape index (κ1) is 10.4. The van der Waals surface area contributed by atoms with E-state index >= 15 is 0 Å². The van der Waals surface area contributed by atoms with Crippen LogP contribution in [-0.4, -0.2) is 24.3 Å². The van der Waals surface area contributed by atoms with E-state index in [9.17, 15) is 0 Å². The predicted molar refractivity (Wildman–Crippen MR) is 58.5 cm³/mol. The first-order chi connectivity index (χ1) is 6.68. The number of nitrogens with one attached hydrogen (secondary N) is 1. The van der Waals surface area contributed by atoms with Crippen LogP contribution in [0, 0.1) is 0 Å². The third-order valence-corrected chi connectivity index (χ3v) is 3.92. The lowest BCUT2D eigenvalue weighted by Gasteiger charge is -2.49. The zero-order valence-corrected chi connectivity index (χ0v) is 9.57. The van der Waals surface area contributed by atoms with Gasteiger partial charge in [0, 0.05) is 13.1 Å². The van der Waals surface area contributed by atoms with E-state index in [0.717, 1.165) is 19.5 Å². The monoisotopic (exact) mass is 197 g/mol. The number of morpholine rings is 1. The molecule has 2 nitrogen and oxygen atoms in total. The predicted octanol–water partition coefficient (Wildman–Crippen LogP) is 2.48. The fraction of sp³-hybridized carbons (Fsp3) is 1.00. The highest BCUT2D eigenvalue weighted by molar-refractivity contribution is 4.95. The molecule has 14 heavy (non-hydrogen) atoms. The van der Waals surface area contributed by atoms with Crippen LogP contribution in [0.15, 0.2) is 0 Å². The molecule has 0 radical (unpaired) electrons. The summed E-state index contributed by atoms with van der Waals surface area (Å²) in [6.07, 6.45) is 7.73. The van der Waals surface area contributed by atoms with Crippen molar-refractivity contribution in [2.45, 2.75) is 63.6 Å². The molecule has 2 aliphatic rings. The molecule has 1 aliphatic heterocycles. The third kappa shape index (κ3) is 1.96. The minimum atomic E-state index is 0.0790. The minimum absolute atomic E-state index is 0.0790.